The van der Waals surface area contributed by atoms with Crippen molar-refractivity contribution in [2.45, 2.75) is 19.1 Å². The van der Waals surface area contributed by atoms with Crippen LogP contribution in [0, 0.1) is 0 Å². The summed E-state index contributed by atoms with van der Waals surface area (Å²) in [5.41, 5.74) is 0. The molecule has 1 aliphatic rings. The van der Waals surface area contributed by atoms with Gasteiger partial charge in [0.25, 0.3) is 0 Å². The molecule has 4 N–H and O–H groups in total. The lowest BCUT2D eigenvalue weighted by Crippen LogP contribution is -2.42. The zero-order valence-corrected chi connectivity index (χ0v) is 11.0. The third kappa shape index (κ3) is 7.26. The fourth-order valence-electron chi connectivity index (χ4n) is 1.47. The second-order valence-corrected chi connectivity index (χ2v) is 4.00. The molecule has 0 amide bonds. The van der Waals surface area contributed by atoms with Crippen LogP contribution in [-0.4, -0.2) is 57.2 Å². The van der Waals surface area contributed by atoms with Gasteiger partial charge < -0.3 is 20.5 Å². The number of hydrogen-bond acceptors (Lipinski definition) is 6. The van der Waals surface area contributed by atoms with Gasteiger partial charge in [-0.3, -0.25) is 10.3 Å². The van der Waals surface area contributed by atoms with Crippen molar-refractivity contribution in [2.75, 3.05) is 39.9 Å². The van der Waals surface area contributed by atoms with Crippen LogP contribution in [0.2, 0.25) is 0 Å². The van der Waals surface area contributed by atoms with E-state index in [1.54, 1.807) is 13.1 Å². The van der Waals surface area contributed by atoms with E-state index in [9.17, 15) is 5.11 Å². The number of nitrogens with zero attached hydrogens (tertiary/aromatic N) is 1. The highest BCUT2D eigenvalue weighted by atomic mass is 16.5. The Labute approximate surface area is 109 Å². The Morgan fingerprint density at radius 3 is 3.17 bits per heavy atom. The lowest BCUT2D eigenvalue weighted by molar-refractivity contribution is 0.143. The van der Waals surface area contributed by atoms with E-state index in [-0.39, 0.29) is 0 Å². The van der Waals surface area contributed by atoms with Crippen molar-refractivity contribution in [1.82, 2.24) is 16.0 Å². The van der Waals surface area contributed by atoms with Crippen LogP contribution in [0.15, 0.2) is 17.1 Å². The second kappa shape index (κ2) is 9.87. The molecule has 1 unspecified atom stereocenters. The summed E-state index contributed by atoms with van der Waals surface area (Å²) >= 11 is 0. The van der Waals surface area contributed by atoms with Crippen LogP contribution in [0.3, 0.4) is 0 Å². The minimum atomic E-state index is -0.568. The number of aliphatic hydroxyl groups is 1. The first-order chi connectivity index (χ1) is 8.83. The predicted molar refractivity (Wildman–Crippen MR) is 72.6 cm³/mol. The molecule has 1 atom stereocenters. The SMILES string of the molecule is CNC(O)/C=C/CCOCCNC1=NCCCN1. The molecule has 0 bridgehead atoms. The fourth-order valence-corrected chi connectivity index (χ4v) is 1.47. The number of nitrogens with one attached hydrogen (secondary N) is 3. The lowest BCUT2D eigenvalue weighted by atomic mass is 10.3. The average molecular weight is 256 g/mol. The molecule has 1 heterocycles. The Morgan fingerprint density at radius 2 is 2.44 bits per heavy atom. The molecule has 6 nitrogen and oxygen atoms in total. The largest absolute Gasteiger partial charge is 0.379 e. The Hall–Kier alpha value is -1.11. The van der Waals surface area contributed by atoms with Crippen LogP contribution in [0.1, 0.15) is 12.8 Å². The molecule has 0 saturated heterocycles. The molecule has 0 aromatic heterocycles. The summed E-state index contributed by atoms with van der Waals surface area (Å²) in [6.07, 6.45) is 4.95. The van der Waals surface area contributed by atoms with Gasteiger partial charge in [0, 0.05) is 19.6 Å². The van der Waals surface area contributed by atoms with Gasteiger partial charge >= 0.3 is 0 Å². The molecule has 1 rings (SSSR count). The smallest absolute Gasteiger partial charge is 0.191 e. The normalized spacial score (nSPS) is 17.3. The van der Waals surface area contributed by atoms with E-state index in [1.165, 1.54) is 0 Å². The van der Waals surface area contributed by atoms with Crippen LogP contribution in [0.25, 0.3) is 0 Å². The Kier molecular flexibility index (Phi) is 8.20. The third-order valence-electron chi connectivity index (χ3n) is 2.48. The zero-order chi connectivity index (χ0) is 13.1. The molecule has 0 fully saturated rings. The van der Waals surface area contributed by atoms with Gasteiger partial charge in [0.1, 0.15) is 6.23 Å². The molecule has 0 radical (unpaired) electrons. The summed E-state index contributed by atoms with van der Waals surface area (Å²) in [5, 5.41) is 18.3. The maximum Gasteiger partial charge on any atom is 0.191 e. The van der Waals surface area contributed by atoms with Gasteiger partial charge in [-0.25, -0.2) is 0 Å². The van der Waals surface area contributed by atoms with Crippen molar-refractivity contribution in [1.29, 1.82) is 0 Å². The highest BCUT2D eigenvalue weighted by Crippen LogP contribution is 1.89. The van der Waals surface area contributed by atoms with E-state index in [1.807, 2.05) is 6.08 Å². The quantitative estimate of drug-likeness (QED) is 0.266. The van der Waals surface area contributed by atoms with Gasteiger partial charge in [-0.2, -0.15) is 0 Å². The van der Waals surface area contributed by atoms with E-state index in [2.05, 4.69) is 20.9 Å². The molecule has 18 heavy (non-hydrogen) atoms. The van der Waals surface area contributed by atoms with Crippen LogP contribution in [-0.2, 0) is 4.74 Å². The number of aliphatic imine (C=N–C) groups is 1. The van der Waals surface area contributed by atoms with E-state index >= 15 is 0 Å². The van der Waals surface area contributed by atoms with Crippen molar-refractivity contribution in [3.8, 4) is 0 Å². The van der Waals surface area contributed by atoms with Gasteiger partial charge in [0.15, 0.2) is 5.96 Å². The molecular weight excluding hydrogens is 232 g/mol. The van der Waals surface area contributed by atoms with Crippen molar-refractivity contribution >= 4 is 5.96 Å². The molecular formula is C12H24N4O2. The first kappa shape index (κ1) is 14.9. The second-order valence-electron chi connectivity index (χ2n) is 4.00. The Morgan fingerprint density at radius 1 is 1.56 bits per heavy atom. The van der Waals surface area contributed by atoms with Crippen molar-refractivity contribution < 1.29 is 9.84 Å². The van der Waals surface area contributed by atoms with E-state index < -0.39 is 6.23 Å². The standard InChI is InChI=1S/C12H24N4O2/c1-13-11(17)5-2-3-9-18-10-8-16-12-14-6-4-7-15-12/h2,5,11,13,17H,3-4,6-10H2,1H3,(H2,14,15,16)/b5-2+. The summed E-state index contributed by atoms with van der Waals surface area (Å²) in [6, 6.07) is 0. The Bertz CT molecular complexity index is 269. The summed E-state index contributed by atoms with van der Waals surface area (Å²) in [6.45, 7) is 3.96. The number of aliphatic hydroxyl groups excluding tert-OH is 1. The van der Waals surface area contributed by atoms with E-state index in [4.69, 9.17) is 4.74 Å². The number of guanidine groups is 1. The first-order valence-corrected chi connectivity index (χ1v) is 6.45. The lowest BCUT2D eigenvalue weighted by Gasteiger charge is -2.15. The number of likely N-dealkylation sites (N-methyl/N-ethyl adjacent to an activating group) is 1. The minimum Gasteiger partial charge on any atom is -0.379 e. The van der Waals surface area contributed by atoms with Crippen LogP contribution in [0.4, 0.5) is 0 Å². The summed E-state index contributed by atoms with van der Waals surface area (Å²) in [7, 11) is 1.71. The zero-order valence-electron chi connectivity index (χ0n) is 11.0. The maximum atomic E-state index is 9.17. The predicted octanol–water partition coefficient (Wildman–Crippen LogP) is -0.574. The van der Waals surface area contributed by atoms with Crippen molar-refractivity contribution in [2.24, 2.45) is 4.99 Å². The summed E-state index contributed by atoms with van der Waals surface area (Å²) in [4.78, 5) is 4.30. The van der Waals surface area contributed by atoms with Gasteiger partial charge in [-0.15, -0.1) is 0 Å². The van der Waals surface area contributed by atoms with Gasteiger partial charge in [-0.1, -0.05) is 6.08 Å². The number of hydrogen-bond donors (Lipinski definition) is 4. The monoisotopic (exact) mass is 256 g/mol. The summed E-state index contributed by atoms with van der Waals surface area (Å²) < 4.78 is 5.44. The van der Waals surface area contributed by atoms with Crippen LogP contribution in [0.5, 0.6) is 0 Å². The highest BCUT2D eigenvalue weighted by Gasteiger charge is 2.01. The van der Waals surface area contributed by atoms with Gasteiger partial charge in [-0.05, 0) is 26.0 Å². The van der Waals surface area contributed by atoms with Crippen molar-refractivity contribution in [3.05, 3.63) is 12.2 Å². The van der Waals surface area contributed by atoms with Crippen molar-refractivity contribution in [3.63, 3.8) is 0 Å². The van der Waals surface area contributed by atoms with E-state index in [0.29, 0.717) is 13.2 Å². The fraction of sp³-hybridized carbons (Fsp3) is 0.750. The molecule has 0 aliphatic carbocycles. The van der Waals surface area contributed by atoms with Crippen LogP contribution < -0.4 is 16.0 Å². The topological polar surface area (TPSA) is 77.9 Å². The van der Waals surface area contributed by atoms with Crippen LogP contribution >= 0.6 is 0 Å². The first-order valence-electron chi connectivity index (χ1n) is 6.45. The Balaban J connectivity index is 1.89. The minimum absolute atomic E-state index is 0.568. The summed E-state index contributed by atoms with van der Waals surface area (Å²) in [5.74, 6) is 0.877. The molecule has 1 aliphatic heterocycles. The molecule has 104 valence electrons. The molecule has 6 heteroatoms. The van der Waals surface area contributed by atoms with E-state index in [0.717, 1.165) is 38.4 Å². The van der Waals surface area contributed by atoms with Gasteiger partial charge in [0.2, 0.25) is 0 Å². The molecule has 0 aromatic rings. The van der Waals surface area contributed by atoms with Gasteiger partial charge in [0.05, 0.1) is 13.2 Å². The number of rotatable bonds is 8. The molecule has 0 spiro atoms. The third-order valence-corrected chi connectivity index (χ3v) is 2.48. The maximum absolute atomic E-state index is 9.17. The molecule has 0 saturated carbocycles. The molecule has 0 aromatic carbocycles. The highest BCUT2D eigenvalue weighted by molar-refractivity contribution is 5.80. The number of ether oxygens (including phenoxy) is 1. The average Bonchev–Trinajstić information content (AvgIpc) is 2.42.